The Bertz CT molecular complexity index is 340. The molecule has 5 heteroatoms. The predicted octanol–water partition coefficient (Wildman–Crippen LogP) is 1.64. The van der Waals surface area contributed by atoms with Crippen molar-refractivity contribution in [3.63, 3.8) is 0 Å². The molecule has 1 fully saturated rings. The minimum atomic E-state index is 0.0867. The molecule has 2 unspecified atom stereocenters. The van der Waals surface area contributed by atoms with Gasteiger partial charge in [-0.3, -0.25) is 0 Å². The van der Waals surface area contributed by atoms with E-state index in [9.17, 15) is 0 Å². The van der Waals surface area contributed by atoms with Crippen LogP contribution in [0.4, 0.5) is 5.13 Å². The minimum absolute atomic E-state index is 0.0867. The first-order valence-electron chi connectivity index (χ1n) is 5.66. The molecule has 0 bridgehead atoms. The first kappa shape index (κ1) is 11.8. The van der Waals surface area contributed by atoms with Crippen molar-refractivity contribution in [2.75, 3.05) is 31.7 Å². The van der Waals surface area contributed by atoms with E-state index in [4.69, 9.17) is 10.5 Å². The van der Waals surface area contributed by atoms with Crippen LogP contribution in [0.2, 0.25) is 0 Å². The highest BCUT2D eigenvalue weighted by Gasteiger charge is 2.24. The van der Waals surface area contributed by atoms with Gasteiger partial charge in [-0.1, -0.05) is 0 Å². The number of aromatic nitrogens is 1. The van der Waals surface area contributed by atoms with E-state index in [1.807, 2.05) is 13.1 Å². The molecule has 1 aromatic heterocycles. The molecule has 1 aliphatic heterocycles. The van der Waals surface area contributed by atoms with Gasteiger partial charge in [0.15, 0.2) is 5.13 Å². The molecule has 0 saturated carbocycles. The maximum atomic E-state index is 5.83. The second kappa shape index (κ2) is 5.12. The monoisotopic (exact) mass is 241 g/mol. The number of ether oxygens (including phenoxy) is 1. The fourth-order valence-corrected chi connectivity index (χ4v) is 2.91. The maximum absolute atomic E-state index is 5.83. The quantitative estimate of drug-likeness (QED) is 0.870. The topological polar surface area (TPSA) is 51.4 Å². The SMILES string of the molecule is COCC1CCN(c2ncc(C(C)N)s2)C1. The molecule has 4 nitrogen and oxygen atoms in total. The number of thiazole rings is 1. The number of hydrogen-bond acceptors (Lipinski definition) is 5. The molecule has 2 heterocycles. The largest absolute Gasteiger partial charge is 0.384 e. The Morgan fingerprint density at radius 1 is 1.75 bits per heavy atom. The van der Waals surface area contributed by atoms with Crippen LogP contribution in [0.5, 0.6) is 0 Å². The molecular formula is C11H19N3OS. The predicted molar refractivity (Wildman–Crippen MR) is 66.9 cm³/mol. The smallest absolute Gasteiger partial charge is 0.185 e. The van der Waals surface area contributed by atoms with Gasteiger partial charge in [0.1, 0.15) is 0 Å². The molecule has 16 heavy (non-hydrogen) atoms. The van der Waals surface area contributed by atoms with Crippen LogP contribution in [0.1, 0.15) is 24.3 Å². The van der Waals surface area contributed by atoms with Crippen molar-refractivity contribution in [3.05, 3.63) is 11.1 Å². The van der Waals surface area contributed by atoms with Gasteiger partial charge >= 0.3 is 0 Å². The Labute approximate surface area is 100 Å². The Hall–Kier alpha value is -0.650. The van der Waals surface area contributed by atoms with Gasteiger partial charge in [-0.2, -0.15) is 0 Å². The second-order valence-electron chi connectivity index (χ2n) is 4.39. The summed E-state index contributed by atoms with van der Waals surface area (Å²) < 4.78 is 5.19. The summed E-state index contributed by atoms with van der Waals surface area (Å²) in [5, 5.41) is 1.10. The van der Waals surface area contributed by atoms with Crippen LogP contribution >= 0.6 is 11.3 Å². The van der Waals surface area contributed by atoms with Crippen molar-refractivity contribution in [3.8, 4) is 0 Å². The molecule has 0 spiro atoms. The van der Waals surface area contributed by atoms with E-state index >= 15 is 0 Å². The molecule has 1 aliphatic rings. The number of nitrogens with two attached hydrogens (primary N) is 1. The lowest BCUT2D eigenvalue weighted by Gasteiger charge is -2.14. The summed E-state index contributed by atoms with van der Waals surface area (Å²) in [5.74, 6) is 0.646. The fraction of sp³-hybridized carbons (Fsp3) is 0.727. The average molecular weight is 241 g/mol. The molecule has 1 aromatic rings. The molecule has 0 aliphatic carbocycles. The van der Waals surface area contributed by atoms with E-state index in [-0.39, 0.29) is 6.04 Å². The summed E-state index contributed by atoms with van der Waals surface area (Å²) in [6, 6.07) is 0.0867. The minimum Gasteiger partial charge on any atom is -0.384 e. The molecule has 0 aromatic carbocycles. The lowest BCUT2D eigenvalue weighted by atomic mass is 10.1. The van der Waals surface area contributed by atoms with Crippen molar-refractivity contribution < 1.29 is 4.74 Å². The van der Waals surface area contributed by atoms with E-state index in [2.05, 4.69) is 9.88 Å². The lowest BCUT2D eigenvalue weighted by Crippen LogP contribution is -2.20. The maximum Gasteiger partial charge on any atom is 0.185 e. The Balaban J connectivity index is 1.97. The number of methoxy groups -OCH3 is 1. The number of rotatable bonds is 4. The van der Waals surface area contributed by atoms with Crippen LogP contribution in [-0.2, 0) is 4.74 Å². The molecule has 2 N–H and O–H groups in total. The first-order valence-corrected chi connectivity index (χ1v) is 6.47. The second-order valence-corrected chi connectivity index (χ2v) is 5.43. The summed E-state index contributed by atoms with van der Waals surface area (Å²) >= 11 is 1.71. The van der Waals surface area contributed by atoms with Crippen molar-refractivity contribution in [1.29, 1.82) is 0 Å². The van der Waals surface area contributed by atoms with Gasteiger partial charge in [0.05, 0.1) is 6.61 Å². The fourth-order valence-electron chi connectivity index (χ4n) is 2.01. The Morgan fingerprint density at radius 3 is 3.19 bits per heavy atom. The molecule has 2 atom stereocenters. The van der Waals surface area contributed by atoms with Crippen molar-refractivity contribution in [2.24, 2.45) is 11.7 Å². The van der Waals surface area contributed by atoms with E-state index in [0.29, 0.717) is 5.92 Å². The van der Waals surface area contributed by atoms with Gasteiger partial charge in [-0.05, 0) is 13.3 Å². The molecule has 1 saturated heterocycles. The van der Waals surface area contributed by atoms with E-state index < -0.39 is 0 Å². The third-order valence-corrected chi connectivity index (χ3v) is 4.18. The zero-order valence-electron chi connectivity index (χ0n) is 9.85. The number of anilines is 1. The summed E-state index contributed by atoms with van der Waals surface area (Å²) in [7, 11) is 1.76. The van der Waals surface area contributed by atoms with Gasteiger partial charge in [0, 0.05) is 43.2 Å². The van der Waals surface area contributed by atoms with Crippen LogP contribution < -0.4 is 10.6 Å². The van der Waals surface area contributed by atoms with Crippen molar-refractivity contribution in [1.82, 2.24) is 4.98 Å². The van der Waals surface area contributed by atoms with Crippen molar-refractivity contribution >= 4 is 16.5 Å². The molecule has 0 radical (unpaired) electrons. The number of nitrogens with zero attached hydrogens (tertiary/aromatic N) is 2. The third kappa shape index (κ3) is 2.53. The van der Waals surface area contributed by atoms with Gasteiger partial charge in [0.2, 0.25) is 0 Å². The van der Waals surface area contributed by atoms with Crippen molar-refractivity contribution in [2.45, 2.75) is 19.4 Å². The normalized spacial score (nSPS) is 22.7. The highest BCUT2D eigenvalue weighted by Crippen LogP contribution is 2.30. The third-order valence-electron chi connectivity index (χ3n) is 2.92. The zero-order valence-corrected chi connectivity index (χ0v) is 10.7. The molecular weight excluding hydrogens is 222 g/mol. The summed E-state index contributed by atoms with van der Waals surface area (Å²) in [4.78, 5) is 7.93. The van der Waals surface area contributed by atoms with Crippen LogP contribution in [-0.4, -0.2) is 31.8 Å². The standard InChI is InChI=1S/C11H19N3OS/c1-8(12)10-5-13-11(16-10)14-4-3-9(6-14)7-15-2/h5,8-9H,3-4,6-7,12H2,1-2H3. The highest BCUT2D eigenvalue weighted by atomic mass is 32.1. The average Bonchev–Trinajstić information content (AvgIpc) is 2.84. The van der Waals surface area contributed by atoms with Crippen LogP contribution in [0.25, 0.3) is 0 Å². The summed E-state index contributed by atoms with van der Waals surface area (Å²) in [5.41, 5.74) is 5.83. The van der Waals surface area contributed by atoms with E-state index in [1.165, 1.54) is 6.42 Å². The highest BCUT2D eigenvalue weighted by molar-refractivity contribution is 7.15. The summed E-state index contributed by atoms with van der Waals surface area (Å²) in [6.45, 7) is 4.98. The lowest BCUT2D eigenvalue weighted by molar-refractivity contribution is 0.161. The van der Waals surface area contributed by atoms with E-state index in [1.54, 1.807) is 18.4 Å². The summed E-state index contributed by atoms with van der Waals surface area (Å²) in [6.07, 6.45) is 3.09. The van der Waals surface area contributed by atoms with Crippen LogP contribution in [0.3, 0.4) is 0 Å². The van der Waals surface area contributed by atoms with Gasteiger partial charge in [-0.15, -0.1) is 11.3 Å². The molecule has 0 amide bonds. The first-order chi connectivity index (χ1) is 7.70. The molecule has 2 rings (SSSR count). The molecule has 90 valence electrons. The van der Waals surface area contributed by atoms with Crippen LogP contribution in [0, 0.1) is 5.92 Å². The van der Waals surface area contributed by atoms with Gasteiger partial charge < -0.3 is 15.4 Å². The Kier molecular flexibility index (Phi) is 3.78. The zero-order chi connectivity index (χ0) is 11.5. The van der Waals surface area contributed by atoms with Gasteiger partial charge in [-0.25, -0.2) is 4.98 Å². The van der Waals surface area contributed by atoms with Crippen LogP contribution in [0.15, 0.2) is 6.20 Å². The van der Waals surface area contributed by atoms with Gasteiger partial charge in [0.25, 0.3) is 0 Å². The number of hydrogen-bond donors (Lipinski definition) is 1. The van der Waals surface area contributed by atoms with E-state index in [0.717, 1.165) is 29.7 Å². The Morgan fingerprint density at radius 2 is 2.56 bits per heavy atom.